The third-order valence-electron chi connectivity index (χ3n) is 2.81. The maximum absolute atomic E-state index is 9.38. The van der Waals surface area contributed by atoms with Gasteiger partial charge in [-0.1, -0.05) is 0 Å². The number of phenolic OH excluding ortho intramolecular Hbond substituents is 1. The van der Waals surface area contributed by atoms with Crippen molar-refractivity contribution in [2.75, 3.05) is 5.32 Å². The number of nitrogens with one attached hydrogen (secondary N) is 1. The molecule has 0 aromatic heterocycles. The van der Waals surface area contributed by atoms with Crippen LogP contribution in [0.1, 0.15) is 32.3 Å². The summed E-state index contributed by atoms with van der Waals surface area (Å²) in [5, 5.41) is 12.9. The zero-order valence-corrected chi connectivity index (χ0v) is 8.80. The smallest absolute Gasteiger partial charge is 0.116 e. The largest absolute Gasteiger partial charge is 0.508 e. The molecular formula is C12H17NO. The van der Waals surface area contributed by atoms with Crippen molar-refractivity contribution in [3.63, 3.8) is 0 Å². The predicted octanol–water partition coefficient (Wildman–Crippen LogP) is 2.92. The summed E-state index contributed by atoms with van der Waals surface area (Å²) in [5.74, 6) is 0.366. The van der Waals surface area contributed by atoms with Gasteiger partial charge in [-0.2, -0.15) is 0 Å². The predicted molar refractivity (Wildman–Crippen MR) is 58.7 cm³/mol. The van der Waals surface area contributed by atoms with Gasteiger partial charge in [-0.25, -0.2) is 0 Å². The average molecular weight is 191 g/mol. The van der Waals surface area contributed by atoms with E-state index < -0.39 is 0 Å². The molecule has 0 radical (unpaired) electrons. The molecule has 76 valence electrons. The van der Waals surface area contributed by atoms with Crippen molar-refractivity contribution in [1.29, 1.82) is 0 Å². The quantitative estimate of drug-likeness (QED) is 0.618. The van der Waals surface area contributed by atoms with Crippen LogP contribution in [0.4, 0.5) is 5.69 Å². The van der Waals surface area contributed by atoms with E-state index in [2.05, 4.69) is 19.2 Å². The summed E-state index contributed by atoms with van der Waals surface area (Å²) in [6.07, 6.45) is 3.40. The number of rotatable bonds is 0. The highest BCUT2D eigenvalue weighted by Gasteiger charge is 2.21. The lowest BCUT2D eigenvalue weighted by molar-refractivity contribution is 0.474. The van der Waals surface area contributed by atoms with E-state index in [-0.39, 0.29) is 5.54 Å². The van der Waals surface area contributed by atoms with Gasteiger partial charge in [-0.15, -0.1) is 0 Å². The normalized spacial score (nSPS) is 19.3. The summed E-state index contributed by atoms with van der Waals surface area (Å²) >= 11 is 0. The van der Waals surface area contributed by atoms with Crippen LogP contribution >= 0.6 is 0 Å². The molecule has 1 aromatic rings. The van der Waals surface area contributed by atoms with E-state index >= 15 is 0 Å². The highest BCUT2D eigenvalue weighted by Crippen LogP contribution is 2.31. The van der Waals surface area contributed by atoms with Crippen LogP contribution in [0.5, 0.6) is 5.75 Å². The molecule has 2 N–H and O–H groups in total. The number of aryl methyl sites for hydroxylation is 1. The van der Waals surface area contributed by atoms with Gasteiger partial charge in [0.05, 0.1) is 0 Å². The Morgan fingerprint density at radius 3 is 2.93 bits per heavy atom. The highest BCUT2D eigenvalue weighted by atomic mass is 16.3. The maximum Gasteiger partial charge on any atom is 0.116 e. The summed E-state index contributed by atoms with van der Waals surface area (Å²) in [7, 11) is 0. The molecule has 14 heavy (non-hydrogen) atoms. The van der Waals surface area contributed by atoms with E-state index in [1.54, 1.807) is 6.07 Å². The number of hydrogen-bond donors (Lipinski definition) is 2. The molecule has 2 nitrogen and oxygen atoms in total. The molecule has 0 saturated heterocycles. The molecule has 1 aliphatic heterocycles. The van der Waals surface area contributed by atoms with Gasteiger partial charge in [0.15, 0.2) is 0 Å². The Hall–Kier alpha value is -1.18. The van der Waals surface area contributed by atoms with Gasteiger partial charge in [0.2, 0.25) is 0 Å². The van der Waals surface area contributed by atoms with Crippen molar-refractivity contribution in [3.05, 3.63) is 23.8 Å². The molecule has 1 heterocycles. The molecule has 0 fully saturated rings. The van der Waals surface area contributed by atoms with Crippen molar-refractivity contribution in [1.82, 2.24) is 0 Å². The number of anilines is 1. The van der Waals surface area contributed by atoms with E-state index in [0.29, 0.717) is 5.75 Å². The first-order valence-corrected chi connectivity index (χ1v) is 5.17. The monoisotopic (exact) mass is 191 g/mol. The third-order valence-corrected chi connectivity index (χ3v) is 2.81. The van der Waals surface area contributed by atoms with Gasteiger partial charge in [-0.05, 0) is 56.9 Å². The van der Waals surface area contributed by atoms with E-state index in [4.69, 9.17) is 0 Å². The Kier molecular flexibility index (Phi) is 2.14. The van der Waals surface area contributed by atoms with Gasteiger partial charge in [0.25, 0.3) is 0 Å². The van der Waals surface area contributed by atoms with Gasteiger partial charge in [0, 0.05) is 11.2 Å². The van der Waals surface area contributed by atoms with Crippen LogP contribution in [-0.2, 0) is 6.42 Å². The fourth-order valence-corrected chi connectivity index (χ4v) is 2.06. The van der Waals surface area contributed by atoms with Crippen molar-refractivity contribution in [3.8, 4) is 5.75 Å². The first-order chi connectivity index (χ1) is 6.57. The second-order valence-corrected chi connectivity index (χ2v) is 4.70. The molecule has 2 heteroatoms. The zero-order valence-electron chi connectivity index (χ0n) is 8.80. The fraction of sp³-hybridized carbons (Fsp3) is 0.500. The number of benzene rings is 1. The van der Waals surface area contributed by atoms with Crippen LogP contribution in [0.2, 0.25) is 0 Å². The second kappa shape index (κ2) is 3.19. The maximum atomic E-state index is 9.38. The lowest BCUT2D eigenvalue weighted by atomic mass is 9.99. The summed E-state index contributed by atoms with van der Waals surface area (Å²) in [5.41, 5.74) is 2.57. The minimum absolute atomic E-state index is 0.169. The molecule has 0 amide bonds. The molecule has 1 aliphatic rings. The summed E-state index contributed by atoms with van der Waals surface area (Å²) in [4.78, 5) is 0. The van der Waals surface area contributed by atoms with Crippen molar-refractivity contribution in [2.24, 2.45) is 0 Å². The Bertz CT molecular complexity index is 344. The Morgan fingerprint density at radius 2 is 2.14 bits per heavy atom. The van der Waals surface area contributed by atoms with Gasteiger partial charge < -0.3 is 10.4 Å². The summed E-state index contributed by atoms with van der Waals surface area (Å²) < 4.78 is 0. The van der Waals surface area contributed by atoms with Gasteiger partial charge in [0.1, 0.15) is 5.75 Å². The van der Waals surface area contributed by atoms with Gasteiger partial charge in [-0.3, -0.25) is 0 Å². The number of phenols is 1. The van der Waals surface area contributed by atoms with E-state index in [0.717, 1.165) is 6.42 Å². The number of fused-ring (bicyclic) bond motifs is 1. The number of hydrogen-bond acceptors (Lipinski definition) is 2. The molecule has 0 saturated carbocycles. The minimum atomic E-state index is 0.169. The minimum Gasteiger partial charge on any atom is -0.508 e. The van der Waals surface area contributed by atoms with Crippen LogP contribution < -0.4 is 5.32 Å². The second-order valence-electron chi connectivity index (χ2n) is 4.70. The van der Waals surface area contributed by atoms with Crippen LogP contribution in [0.15, 0.2) is 18.2 Å². The molecule has 0 unspecified atom stereocenters. The molecule has 0 atom stereocenters. The van der Waals surface area contributed by atoms with Crippen molar-refractivity contribution in [2.45, 2.75) is 38.6 Å². The van der Waals surface area contributed by atoms with Crippen LogP contribution in [-0.4, -0.2) is 10.6 Å². The first kappa shape index (κ1) is 9.38. The standard InChI is InChI=1S/C12H17NO/c1-12(2)7-3-4-9-8-10(14)5-6-11(9)13-12/h5-6,8,13-14H,3-4,7H2,1-2H3. The molecule has 0 spiro atoms. The zero-order chi connectivity index (χ0) is 10.2. The third kappa shape index (κ3) is 1.84. The van der Waals surface area contributed by atoms with Crippen LogP contribution in [0, 0.1) is 0 Å². The average Bonchev–Trinajstić information content (AvgIpc) is 2.22. The topological polar surface area (TPSA) is 32.3 Å². The molecule has 2 rings (SSSR count). The fourth-order valence-electron chi connectivity index (χ4n) is 2.06. The van der Waals surface area contributed by atoms with Gasteiger partial charge >= 0.3 is 0 Å². The van der Waals surface area contributed by atoms with Crippen molar-refractivity contribution >= 4 is 5.69 Å². The Morgan fingerprint density at radius 1 is 1.36 bits per heavy atom. The summed E-state index contributed by atoms with van der Waals surface area (Å²) in [6.45, 7) is 4.43. The van der Waals surface area contributed by atoms with Crippen molar-refractivity contribution < 1.29 is 5.11 Å². The molecular weight excluding hydrogens is 174 g/mol. The number of aromatic hydroxyl groups is 1. The van der Waals surface area contributed by atoms with E-state index in [1.165, 1.54) is 24.1 Å². The van der Waals surface area contributed by atoms with Crippen LogP contribution in [0.3, 0.4) is 0 Å². The SMILES string of the molecule is CC1(C)CCCc2cc(O)ccc2N1. The molecule has 1 aromatic carbocycles. The van der Waals surface area contributed by atoms with E-state index in [9.17, 15) is 5.11 Å². The summed E-state index contributed by atoms with van der Waals surface area (Å²) in [6, 6.07) is 5.58. The lowest BCUT2D eigenvalue weighted by Crippen LogP contribution is -2.29. The Labute approximate surface area is 85.0 Å². The Balaban J connectivity index is 2.37. The molecule has 0 aliphatic carbocycles. The first-order valence-electron chi connectivity index (χ1n) is 5.17. The molecule has 0 bridgehead atoms. The van der Waals surface area contributed by atoms with E-state index in [1.807, 2.05) is 12.1 Å². The van der Waals surface area contributed by atoms with Crippen LogP contribution in [0.25, 0.3) is 0 Å². The lowest BCUT2D eigenvalue weighted by Gasteiger charge is -2.25. The highest BCUT2D eigenvalue weighted by molar-refractivity contribution is 5.56.